The molecule has 0 saturated heterocycles. The van der Waals surface area contributed by atoms with Gasteiger partial charge in [0.2, 0.25) is 0 Å². The first-order valence-electron chi connectivity index (χ1n) is 6.23. The van der Waals surface area contributed by atoms with Crippen LogP contribution < -0.4 is 5.73 Å². The summed E-state index contributed by atoms with van der Waals surface area (Å²) in [5.41, 5.74) is 6.56. The summed E-state index contributed by atoms with van der Waals surface area (Å²) < 4.78 is 24.2. The van der Waals surface area contributed by atoms with E-state index >= 15 is 0 Å². The van der Waals surface area contributed by atoms with Gasteiger partial charge in [-0.1, -0.05) is 13.8 Å². The van der Waals surface area contributed by atoms with Gasteiger partial charge in [0.05, 0.1) is 10.6 Å². The Labute approximate surface area is 110 Å². The molecule has 4 nitrogen and oxygen atoms in total. The first-order chi connectivity index (χ1) is 8.31. The maximum Gasteiger partial charge on any atom is 0.179 e. The molecule has 0 aliphatic rings. The van der Waals surface area contributed by atoms with Gasteiger partial charge in [0, 0.05) is 18.4 Å². The van der Waals surface area contributed by atoms with Crippen molar-refractivity contribution < 1.29 is 8.42 Å². The van der Waals surface area contributed by atoms with E-state index in [1.807, 2.05) is 6.92 Å². The monoisotopic (exact) mass is 270 g/mol. The fourth-order valence-corrected chi connectivity index (χ4v) is 3.15. The highest BCUT2D eigenvalue weighted by Crippen LogP contribution is 2.15. The van der Waals surface area contributed by atoms with E-state index in [1.54, 1.807) is 12.3 Å². The Bertz CT molecular complexity index is 482. The van der Waals surface area contributed by atoms with Gasteiger partial charge in [0.1, 0.15) is 0 Å². The zero-order chi connectivity index (χ0) is 13.8. The minimum atomic E-state index is -3.26. The van der Waals surface area contributed by atoms with E-state index < -0.39 is 9.84 Å². The summed E-state index contributed by atoms with van der Waals surface area (Å²) in [7, 11) is -3.26. The van der Waals surface area contributed by atoms with Gasteiger partial charge in [-0.25, -0.2) is 8.42 Å². The summed E-state index contributed by atoms with van der Waals surface area (Å²) in [6, 6.07) is 1.62. The fourth-order valence-electron chi connectivity index (χ4n) is 1.68. The fraction of sp³-hybridized carbons (Fsp3) is 0.615. The van der Waals surface area contributed by atoms with Crippen LogP contribution in [-0.2, 0) is 16.3 Å². The number of rotatable bonds is 6. The first kappa shape index (κ1) is 15.1. The first-order valence-corrected chi connectivity index (χ1v) is 7.88. The Hall–Kier alpha value is -0.940. The zero-order valence-electron chi connectivity index (χ0n) is 11.3. The number of hydrogen-bond acceptors (Lipinski definition) is 4. The number of sulfone groups is 1. The summed E-state index contributed by atoms with van der Waals surface area (Å²) in [6.45, 7) is 6.00. The van der Waals surface area contributed by atoms with E-state index in [4.69, 9.17) is 5.73 Å². The summed E-state index contributed by atoms with van der Waals surface area (Å²) in [4.78, 5) is 4.33. The van der Waals surface area contributed by atoms with Crippen molar-refractivity contribution in [3.63, 3.8) is 0 Å². The third-order valence-corrected chi connectivity index (χ3v) is 4.33. The van der Waals surface area contributed by atoms with E-state index in [-0.39, 0.29) is 11.8 Å². The van der Waals surface area contributed by atoms with Crippen LogP contribution in [0.5, 0.6) is 0 Å². The molecule has 1 atom stereocenters. The van der Waals surface area contributed by atoms with E-state index in [1.165, 1.54) is 6.20 Å². The van der Waals surface area contributed by atoms with Gasteiger partial charge < -0.3 is 5.73 Å². The average molecular weight is 270 g/mol. The molecule has 0 bridgehead atoms. The molecule has 1 aromatic rings. The van der Waals surface area contributed by atoms with Crippen LogP contribution in [0.3, 0.4) is 0 Å². The number of nitrogens with zero attached hydrogens (tertiary/aromatic N) is 1. The summed E-state index contributed by atoms with van der Waals surface area (Å²) >= 11 is 0. The Balaban J connectivity index is 2.88. The van der Waals surface area contributed by atoms with Crippen LogP contribution in [0, 0.1) is 5.92 Å². The van der Waals surface area contributed by atoms with E-state index in [2.05, 4.69) is 18.8 Å². The predicted molar refractivity (Wildman–Crippen MR) is 73.1 cm³/mol. The van der Waals surface area contributed by atoms with Crippen molar-refractivity contribution in [2.75, 3.05) is 5.75 Å². The smallest absolute Gasteiger partial charge is 0.179 e. The molecule has 1 heterocycles. The van der Waals surface area contributed by atoms with E-state index in [0.29, 0.717) is 17.2 Å². The lowest BCUT2D eigenvalue weighted by atomic mass is 10.1. The van der Waals surface area contributed by atoms with Gasteiger partial charge in [-0.15, -0.1) is 0 Å². The van der Waals surface area contributed by atoms with Crippen LogP contribution in [0.25, 0.3) is 0 Å². The lowest BCUT2D eigenvalue weighted by molar-refractivity contribution is 0.586. The molecular weight excluding hydrogens is 248 g/mol. The highest BCUT2D eigenvalue weighted by atomic mass is 32.2. The third kappa shape index (κ3) is 4.74. The number of pyridine rings is 1. The standard InChI is InChI=1S/C13H22N2O2S/c1-10(2)6-12-7-13(9-15-8-12)18(16,17)5-4-11(3)14/h7-11H,4-6,14H2,1-3H3. The lowest BCUT2D eigenvalue weighted by Crippen LogP contribution is -2.20. The maximum absolute atomic E-state index is 12.1. The van der Waals surface area contributed by atoms with Gasteiger partial charge in [-0.05, 0) is 37.3 Å². The predicted octanol–water partition coefficient (Wildman–Crippen LogP) is 1.79. The van der Waals surface area contributed by atoms with Crippen molar-refractivity contribution in [1.29, 1.82) is 0 Å². The number of aromatic nitrogens is 1. The quantitative estimate of drug-likeness (QED) is 0.855. The molecule has 0 radical (unpaired) electrons. The van der Waals surface area contributed by atoms with Crippen LogP contribution >= 0.6 is 0 Å². The lowest BCUT2D eigenvalue weighted by Gasteiger charge is -2.09. The molecule has 0 aliphatic heterocycles. The third-order valence-electron chi connectivity index (χ3n) is 2.61. The Morgan fingerprint density at radius 1 is 1.28 bits per heavy atom. The SMILES string of the molecule is CC(C)Cc1cncc(S(=O)(=O)CCC(C)N)c1. The molecule has 0 saturated carbocycles. The highest BCUT2D eigenvalue weighted by Gasteiger charge is 2.16. The van der Waals surface area contributed by atoms with Gasteiger partial charge in [0.15, 0.2) is 9.84 Å². The van der Waals surface area contributed by atoms with Crippen molar-refractivity contribution in [1.82, 2.24) is 4.98 Å². The van der Waals surface area contributed by atoms with Gasteiger partial charge in [-0.2, -0.15) is 0 Å². The molecule has 5 heteroatoms. The van der Waals surface area contributed by atoms with Crippen molar-refractivity contribution in [2.24, 2.45) is 11.7 Å². The summed E-state index contributed by atoms with van der Waals surface area (Å²) in [6.07, 6.45) is 4.45. The molecule has 0 fully saturated rings. The molecule has 1 aromatic heterocycles. The molecule has 1 unspecified atom stereocenters. The van der Waals surface area contributed by atoms with E-state index in [9.17, 15) is 8.42 Å². The highest BCUT2D eigenvalue weighted by molar-refractivity contribution is 7.91. The molecule has 2 N–H and O–H groups in total. The molecule has 18 heavy (non-hydrogen) atoms. The van der Waals surface area contributed by atoms with Crippen molar-refractivity contribution in [3.05, 3.63) is 24.0 Å². The van der Waals surface area contributed by atoms with Crippen LogP contribution in [0.15, 0.2) is 23.4 Å². The Kier molecular flexibility index (Phi) is 5.28. The van der Waals surface area contributed by atoms with Crippen LogP contribution in [0.4, 0.5) is 0 Å². The topological polar surface area (TPSA) is 73.0 Å². The maximum atomic E-state index is 12.1. The van der Waals surface area contributed by atoms with E-state index in [0.717, 1.165) is 12.0 Å². The minimum absolute atomic E-state index is 0.0808. The molecular formula is C13H22N2O2S. The Morgan fingerprint density at radius 2 is 1.94 bits per heavy atom. The second kappa shape index (κ2) is 6.29. The molecule has 102 valence electrons. The zero-order valence-corrected chi connectivity index (χ0v) is 12.1. The van der Waals surface area contributed by atoms with Crippen molar-refractivity contribution in [2.45, 2.75) is 44.6 Å². The minimum Gasteiger partial charge on any atom is -0.328 e. The van der Waals surface area contributed by atoms with Crippen LogP contribution in [0.1, 0.15) is 32.8 Å². The van der Waals surface area contributed by atoms with Gasteiger partial charge >= 0.3 is 0 Å². The molecule has 0 amide bonds. The normalized spacial score (nSPS) is 13.8. The number of hydrogen-bond donors (Lipinski definition) is 1. The van der Waals surface area contributed by atoms with Gasteiger partial charge in [0.25, 0.3) is 0 Å². The second-order valence-electron chi connectivity index (χ2n) is 5.21. The number of nitrogens with two attached hydrogens (primary N) is 1. The molecule has 0 aromatic carbocycles. The van der Waals surface area contributed by atoms with Crippen LogP contribution in [0.2, 0.25) is 0 Å². The van der Waals surface area contributed by atoms with Crippen molar-refractivity contribution >= 4 is 9.84 Å². The Morgan fingerprint density at radius 3 is 2.50 bits per heavy atom. The molecule has 1 rings (SSSR count). The average Bonchev–Trinajstić information content (AvgIpc) is 2.26. The van der Waals surface area contributed by atoms with Crippen LogP contribution in [-0.4, -0.2) is 25.2 Å². The van der Waals surface area contributed by atoms with Crippen molar-refractivity contribution in [3.8, 4) is 0 Å². The second-order valence-corrected chi connectivity index (χ2v) is 7.32. The largest absolute Gasteiger partial charge is 0.328 e. The molecule has 0 spiro atoms. The summed E-state index contributed by atoms with van der Waals surface area (Å²) in [5, 5.41) is 0. The summed E-state index contributed by atoms with van der Waals surface area (Å²) in [5.74, 6) is 0.561. The van der Waals surface area contributed by atoms with Gasteiger partial charge in [-0.3, -0.25) is 4.98 Å². The molecule has 0 aliphatic carbocycles.